The second kappa shape index (κ2) is 7.88. The Bertz CT molecular complexity index is 552. The molecule has 0 radical (unpaired) electrons. The number of anilines is 1. The summed E-state index contributed by atoms with van der Waals surface area (Å²) < 4.78 is 5.43. The molecule has 0 atom stereocenters. The molecule has 5 nitrogen and oxygen atoms in total. The first-order valence-electron chi connectivity index (χ1n) is 8.40. The van der Waals surface area contributed by atoms with Gasteiger partial charge in [-0.15, -0.1) is 0 Å². The third-order valence-electron chi connectivity index (χ3n) is 4.52. The lowest BCUT2D eigenvalue weighted by Gasteiger charge is -2.30. The number of ether oxygens (including phenoxy) is 1. The van der Waals surface area contributed by atoms with E-state index in [-0.39, 0.29) is 0 Å². The number of nitrogens with one attached hydrogen (secondary N) is 1. The summed E-state index contributed by atoms with van der Waals surface area (Å²) in [5, 5.41) is 4.05. The molecular formula is C17H25ClN4O. The van der Waals surface area contributed by atoms with Crippen molar-refractivity contribution in [3.8, 4) is 0 Å². The van der Waals surface area contributed by atoms with Gasteiger partial charge in [0.1, 0.15) is 0 Å². The summed E-state index contributed by atoms with van der Waals surface area (Å²) in [5.74, 6) is 0.532. The van der Waals surface area contributed by atoms with Gasteiger partial charge in [-0.25, -0.2) is 4.99 Å². The monoisotopic (exact) mass is 336 g/mol. The Morgan fingerprint density at radius 2 is 2.04 bits per heavy atom. The largest absolute Gasteiger partial charge is 0.378 e. The maximum Gasteiger partial charge on any atom is 0.189 e. The van der Waals surface area contributed by atoms with E-state index in [1.54, 1.807) is 0 Å². The topological polar surface area (TPSA) is 62.9 Å². The molecule has 0 aromatic heterocycles. The zero-order chi connectivity index (χ0) is 16.1. The number of hydrogen-bond acceptors (Lipinski definition) is 3. The fraction of sp³-hybridized carbons (Fsp3) is 0.588. The Morgan fingerprint density at radius 3 is 2.78 bits per heavy atom. The van der Waals surface area contributed by atoms with Crippen LogP contribution in [0.2, 0.25) is 5.02 Å². The predicted octanol–water partition coefficient (Wildman–Crippen LogP) is 2.52. The number of benzene rings is 1. The van der Waals surface area contributed by atoms with Gasteiger partial charge in [-0.1, -0.05) is 24.4 Å². The molecule has 2 fully saturated rings. The lowest BCUT2D eigenvalue weighted by atomic mass is 10.1. The second-order valence-corrected chi connectivity index (χ2v) is 6.64. The summed E-state index contributed by atoms with van der Waals surface area (Å²) in [4.78, 5) is 6.85. The molecule has 0 spiro atoms. The van der Waals surface area contributed by atoms with Gasteiger partial charge in [-0.3, -0.25) is 0 Å². The maximum atomic E-state index is 6.17. The van der Waals surface area contributed by atoms with Crippen molar-refractivity contribution in [2.45, 2.75) is 38.3 Å². The molecule has 1 heterocycles. The average Bonchev–Trinajstić information content (AvgIpc) is 3.07. The Balaban J connectivity index is 1.69. The summed E-state index contributed by atoms with van der Waals surface area (Å²) in [6, 6.07) is 6.47. The van der Waals surface area contributed by atoms with Crippen LogP contribution in [0, 0.1) is 0 Å². The minimum atomic E-state index is 0.483. The standard InChI is InChI=1S/C17H25ClN4O/c18-14-5-6-16(22-7-9-23-10-8-22)13(11-14)12-20-17(19)21-15-3-1-2-4-15/h5-6,11,15H,1-4,7-10,12H2,(H3,19,20,21). The van der Waals surface area contributed by atoms with Gasteiger partial charge in [0.15, 0.2) is 5.96 Å². The molecule has 1 aliphatic carbocycles. The zero-order valence-electron chi connectivity index (χ0n) is 13.4. The van der Waals surface area contributed by atoms with Gasteiger partial charge in [-0.05, 0) is 36.6 Å². The summed E-state index contributed by atoms with van der Waals surface area (Å²) in [6.07, 6.45) is 4.93. The fourth-order valence-corrected chi connectivity index (χ4v) is 3.48. The van der Waals surface area contributed by atoms with Crippen LogP contribution in [0.3, 0.4) is 0 Å². The molecule has 0 amide bonds. The van der Waals surface area contributed by atoms with Crippen LogP contribution in [0.25, 0.3) is 0 Å². The van der Waals surface area contributed by atoms with Gasteiger partial charge >= 0.3 is 0 Å². The first-order valence-corrected chi connectivity index (χ1v) is 8.78. The Kier molecular flexibility index (Phi) is 5.62. The zero-order valence-corrected chi connectivity index (χ0v) is 14.2. The van der Waals surface area contributed by atoms with Crippen LogP contribution in [-0.4, -0.2) is 38.3 Å². The summed E-state index contributed by atoms with van der Waals surface area (Å²) in [7, 11) is 0. The Morgan fingerprint density at radius 1 is 1.30 bits per heavy atom. The molecule has 1 aromatic carbocycles. The molecule has 126 valence electrons. The number of nitrogens with two attached hydrogens (primary N) is 1. The van der Waals surface area contributed by atoms with Gasteiger partial charge in [0.05, 0.1) is 19.8 Å². The van der Waals surface area contributed by atoms with Crippen LogP contribution in [0.5, 0.6) is 0 Å². The Hall–Kier alpha value is -1.46. The van der Waals surface area contributed by atoms with Crippen LogP contribution >= 0.6 is 11.6 Å². The van der Waals surface area contributed by atoms with E-state index in [2.05, 4.69) is 21.3 Å². The predicted molar refractivity (Wildman–Crippen MR) is 95.2 cm³/mol. The van der Waals surface area contributed by atoms with Gasteiger partial charge in [0.25, 0.3) is 0 Å². The van der Waals surface area contributed by atoms with Crippen molar-refractivity contribution in [3.05, 3.63) is 28.8 Å². The highest BCUT2D eigenvalue weighted by Gasteiger charge is 2.16. The molecule has 0 unspecified atom stereocenters. The normalized spacial score (nSPS) is 20.0. The first-order chi connectivity index (χ1) is 11.2. The number of rotatable bonds is 4. The molecule has 1 saturated carbocycles. The number of guanidine groups is 1. The highest BCUT2D eigenvalue weighted by molar-refractivity contribution is 6.30. The number of nitrogens with zero attached hydrogens (tertiary/aromatic N) is 2. The molecular weight excluding hydrogens is 312 g/mol. The number of hydrogen-bond donors (Lipinski definition) is 2. The van der Waals surface area contributed by atoms with Crippen molar-refractivity contribution >= 4 is 23.2 Å². The van der Waals surface area contributed by atoms with Gasteiger partial charge < -0.3 is 20.7 Å². The third-order valence-corrected chi connectivity index (χ3v) is 4.76. The van der Waals surface area contributed by atoms with Crippen molar-refractivity contribution in [2.75, 3.05) is 31.2 Å². The van der Waals surface area contributed by atoms with E-state index in [0.717, 1.165) is 36.9 Å². The molecule has 0 bridgehead atoms. The van der Waals surface area contributed by atoms with E-state index in [0.29, 0.717) is 18.5 Å². The molecule has 23 heavy (non-hydrogen) atoms. The minimum Gasteiger partial charge on any atom is -0.378 e. The quantitative estimate of drug-likeness (QED) is 0.655. The lowest BCUT2D eigenvalue weighted by molar-refractivity contribution is 0.122. The molecule has 1 saturated heterocycles. The maximum absolute atomic E-state index is 6.17. The molecule has 2 aliphatic rings. The van der Waals surface area contributed by atoms with Gasteiger partial charge in [0, 0.05) is 29.8 Å². The highest BCUT2D eigenvalue weighted by Crippen LogP contribution is 2.26. The van der Waals surface area contributed by atoms with Crippen molar-refractivity contribution in [1.29, 1.82) is 0 Å². The molecule has 3 rings (SSSR count). The van der Waals surface area contributed by atoms with E-state index >= 15 is 0 Å². The number of halogens is 1. The first kappa shape index (κ1) is 16.4. The van der Waals surface area contributed by atoms with E-state index in [1.807, 2.05) is 12.1 Å². The SMILES string of the molecule is NC(=NCc1cc(Cl)ccc1N1CCOCC1)NC1CCCC1. The van der Waals surface area contributed by atoms with Crippen LogP contribution < -0.4 is 16.0 Å². The van der Waals surface area contributed by atoms with Crippen LogP contribution in [0.4, 0.5) is 5.69 Å². The highest BCUT2D eigenvalue weighted by atomic mass is 35.5. The van der Waals surface area contributed by atoms with E-state index < -0.39 is 0 Å². The second-order valence-electron chi connectivity index (χ2n) is 6.20. The van der Waals surface area contributed by atoms with Gasteiger partial charge in [-0.2, -0.15) is 0 Å². The van der Waals surface area contributed by atoms with E-state index in [4.69, 9.17) is 22.1 Å². The molecule has 3 N–H and O–H groups in total. The number of aliphatic imine (C=N–C) groups is 1. The third kappa shape index (κ3) is 4.52. The molecule has 6 heteroatoms. The smallest absolute Gasteiger partial charge is 0.189 e. The summed E-state index contributed by atoms with van der Waals surface area (Å²) >= 11 is 6.17. The minimum absolute atomic E-state index is 0.483. The van der Waals surface area contributed by atoms with Gasteiger partial charge in [0.2, 0.25) is 0 Å². The summed E-state index contributed by atoms with van der Waals surface area (Å²) in [5.41, 5.74) is 8.32. The van der Waals surface area contributed by atoms with Crippen LogP contribution in [0.15, 0.2) is 23.2 Å². The fourth-order valence-electron chi connectivity index (χ4n) is 3.29. The van der Waals surface area contributed by atoms with E-state index in [9.17, 15) is 0 Å². The van der Waals surface area contributed by atoms with Crippen molar-refractivity contribution in [3.63, 3.8) is 0 Å². The van der Waals surface area contributed by atoms with Crippen LogP contribution in [0.1, 0.15) is 31.2 Å². The molecule has 1 aliphatic heterocycles. The molecule has 1 aromatic rings. The van der Waals surface area contributed by atoms with Crippen LogP contribution in [-0.2, 0) is 11.3 Å². The Labute approximate surface area is 142 Å². The van der Waals surface area contributed by atoms with Crippen molar-refractivity contribution in [1.82, 2.24) is 5.32 Å². The number of morpholine rings is 1. The van der Waals surface area contributed by atoms with Crippen molar-refractivity contribution in [2.24, 2.45) is 10.7 Å². The summed E-state index contributed by atoms with van der Waals surface area (Å²) in [6.45, 7) is 3.86. The van der Waals surface area contributed by atoms with Crippen molar-refractivity contribution < 1.29 is 4.74 Å². The van der Waals surface area contributed by atoms with E-state index in [1.165, 1.54) is 31.4 Å². The lowest BCUT2D eigenvalue weighted by Crippen LogP contribution is -2.38. The average molecular weight is 337 g/mol.